The highest BCUT2D eigenvalue weighted by atomic mass is 19.1. The molecule has 2 aromatic carbocycles. The molecule has 0 atom stereocenters. The molecular formula is C17H16FNO4. The van der Waals surface area contributed by atoms with Crippen molar-refractivity contribution < 1.29 is 23.5 Å². The number of nitrogens with one attached hydrogen (secondary N) is 1. The van der Waals surface area contributed by atoms with Crippen LogP contribution in [0.5, 0.6) is 5.75 Å². The third-order valence-corrected chi connectivity index (χ3v) is 2.94. The number of rotatable bonds is 6. The summed E-state index contributed by atoms with van der Waals surface area (Å²) in [6.45, 7) is 0.970. The molecule has 6 heteroatoms. The largest absolute Gasteiger partial charge is 0.482 e. The van der Waals surface area contributed by atoms with Gasteiger partial charge in [-0.2, -0.15) is 0 Å². The molecule has 2 rings (SSSR count). The van der Waals surface area contributed by atoms with E-state index in [1.807, 2.05) is 6.07 Å². The van der Waals surface area contributed by atoms with Crippen molar-refractivity contribution in [3.63, 3.8) is 0 Å². The summed E-state index contributed by atoms with van der Waals surface area (Å²) in [6.07, 6.45) is 0. The fourth-order valence-electron chi connectivity index (χ4n) is 1.76. The molecule has 0 aromatic heterocycles. The van der Waals surface area contributed by atoms with Crippen LogP contribution in [-0.2, 0) is 14.3 Å². The van der Waals surface area contributed by atoms with Gasteiger partial charge in [-0.3, -0.25) is 4.79 Å². The monoisotopic (exact) mass is 317 g/mol. The van der Waals surface area contributed by atoms with E-state index in [9.17, 15) is 14.0 Å². The van der Waals surface area contributed by atoms with Gasteiger partial charge < -0.3 is 14.8 Å². The molecule has 0 aliphatic heterocycles. The molecule has 0 heterocycles. The van der Waals surface area contributed by atoms with E-state index in [4.69, 9.17) is 9.47 Å². The van der Waals surface area contributed by atoms with Crippen LogP contribution in [0.25, 0.3) is 0 Å². The first-order chi connectivity index (χ1) is 11.0. The molecule has 0 fully saturated rings. The van der Waals surface area contributed by atoms with Crippen LogP contribution in [0.15, 0.2) is 48.5 Å². The van der Waals surface area contributed by atoms with E-state index in [1.165, 1.54) is 12.1 Å². The summed E-state index contributed by atoms with van der Waals surface area (Å²) >= 11 is 0. The van der Waals surface area contributed by atoms with Gasteiger partial charge in [-0.25, -0.2) is 9.18 Å². The van der Waals surface area contributed by atoms with Gasteiger partial charge in [0.05, 0.1) is 0 Å². The molecule has 120 valence electrons. The van der Waals surface area contributed by atoms with Crippen molar-refractivity contribution in [3.8, 4) is 5.75 Å². The maximum absolute atomic E-state index is 13.1. The minimum Gasteiger partial charge on any atom is -0.482 e. The summed E-state index contributed by atoms with van der Waals surface area (Å²) in [6, 6.07) is 12.8. The number of halogens is 1. The fraction of sp³-hybridized carbons (Fsp3) is 0.176. The molecule has 0 aliphatic rings. The first-order valence-corrected chi connectivity index (χ1v) is 6.94. The lowest BCUT2D eigenvalue weighted by Crippen LogP contribution is -2.24. The van der Waals surface area contributed by atoms with Crippen molar-refractivity contribution in [2.75, 3.05) is 18.5 Å². The zero-order valence-electron chi connectivity index (χ0n) is 12.5. The highest BCUT2D eigenvalue weighted by molar-refractivity contribution is 5.93. The second-order valence-electron chi connectivity index (χ2n) is 4.77. The lowest BCUT2D eigenvalue weighted by molar-refractivity contribution is -0.149. The topological polar surface area (TPSA) is 64.6 Å². The molecule has 0 radical (unpaired) electrons. The van der Waals surface area contributed by atoms with Crippen LogP contribution in [0.1, 0.15) is 5.56 Å². The predicted octanol–water partition coefficient (Wildman–Crippen LogP) is 2.69. The van der Waals surface area contributed by atoms with E-state index >= 15 is 0 Å². The standard InChI is InChI=1S/C17H16FNO4/c1-12-7-8-13(18)9-15(12)19-16(20)10-23-17(21)11-22-14-5-3-2-4-6-14/h2-9H,10-11H2,1H3,(H,19,20). The number of esters is 1. The number of ether oxygens (including phenoxy) is 2. The molecular weight excluding hydrogens is 301 g/mol. The molecule has 0 aliphatic carbocycles. The Bertz CT molecular complexity index is 688. The second kappa shape index (κ2) is 7.93. The average molecular weight is 317 g/mol. The Labute approximate surface area is 133 Å². The summed E-state index contributed by atoms with van der Waals surface area (Å²) in [5.41, 5.74) is 1.05. The third-order valence-electron chi connectivity index (χ3n) is 2.94. The molecule has 2 aromatic rings. The predicted molar refractivity (Wildman–Crippen MR) is 82.7 cm³/mol. The Morgan fingerprint density at radius 1 is 1.09 bits per heavy atom. The molecule has 1 N–H and O–H groups in total. The van der Waals surface area contributed by atoms with Gasteiger partial charge in [0.15, 0.2) is 13.2 Å². The van der Waals surface area contributed by atoms with Crippen LogP contribution in [0.3, 0.4) is 0 Å². The van der Waals surface area contributed by atoms with Crippen molar-refractivity contribution in [1.82, 2.24) is 0 Å². The van der Waals surface area contributed by atoms with E-state index < -0.39 is 24.3 Å². The summed E-state index contributed by atoms with van der Waals surface area (Å²) < 4.78 is 23.1. The van der Waals surface area contributed by atoms with Gasteiger partial charge >= 0.3 is 5.97 Å². The lowest BCUT2D eigenvalue weighted by Gasteiger charge is -2.09. The molecule has 0 saturated carbocycles. The van der Waals surface area contributed by atoms with Crippen LogP contribution < -0.4 is 10.1 Å². The van der Waals surface area contributed by atoms with Gasteiger partial charge in [-0.15, -0.1) is 0 Å². The molecule has 5 nitrogen and oxygen atoms in total. The van der Waals surface area contributed by atoms with Gasteiger partial charge in [0, 0.05) is 5.69 Å². The SMILES string of the molecule is Cc1ccc(F)cc1NC(=O)COC(=O)COc1ccccc1. The number of hydrogen-bond acceptors (Lipinski definition) is 4. The number of carbonyl (C=O) groups is 2. The number of aryl methyl sites for hydroxylation is 1. The number of para-hydroxylation sites is 1. The van der Waals surface area contributed by atoms with Gasteiger partial charge in [-0.05, 0) is 36.8 Å². The summed E-state index contributed by atoms with van der Waals surface area (Å²) in [5.74, 6) is -1.14. The first kappa shape index (κ1) is 16.5. The number of carbonyl (C=O) groups excluding carboxylic acids is 2. The normalized spacial score (nSPS) is 10.0. The molecule has 23 heavy (non-hydrogen) atoms. The Hall–Kier alpha value is -2.89. The van der Waals surface area contributed by atoms with Crippen molar-refractivity contribution in [3.05, 3.63) is 59.9 Å². The number of benzene rings is 2. The third kappa shape index (κ3) is 5.43. The highest BCUT2D eigenvalue weighted by Gasteiger charge is 2.10. The van der Waals surface area contributed by atoms with E-state index in [0.717, 1.165) is 0 Å². The summed E-state index contributed by atoms with van der Waals surface area (Å²) in [5, 5.41) is 2.48. The quantitative estimate of drug-likeness (QED) is 0.832. The van der Waals surface area contributed by atoms with Gasteiger partial charge in [0.2, 0.25) is 0 Å². The minimum atomic E-state index is -0.667. The number of hydrogen-bond donors (Lipinski definition) is 1. The maximum Gasteiger partial charge on any atom is 0.344 e. The van der Waals surface area contributed by atoms with Gasteiger partial charge in [-0.1, -0.05) is 24.3 Å². The zero-order chi connectivity index (χ0) is 16.7. The van der Waals surface area contributed by atoms with Gasteiger partial charge in [0.25, 0.3) is 5.91 Å². The minimum absolute atomic E-state index is 0.295. The van der Waals surface area contributed by atoms with Crippen molar-refractivity contribution in [2.45, 2.75) is 6.92 Å². The average Bonchev–Trinajstić information content (AvgIpc) is 2.55. The van der Waals surface area contributed by atoms with Crippen LogP contribution in [-0.4, -0.2) is 25.1 Å². The maximum atomic E-state index is 13.1. The van der Waals surface area contributed by atoms with Crippen LogP contribution in [0.2, 0.25) is 0 Å². The van der Waals surface area contributed by atoms with Crippen molar-refractivity contribution in [2.24, 2.45) is 0 Å². The van der Waals surface area contributed by atoms with Crippen molar-refractivity contribution in [1.29, 1.82) is 0 Å². The van der Waals surface area contributed by atoms with Gasteiger partial charge in [0.1, 0.15) is 11.6 Å². The Kier molecular flexibility index (Phi) is 5.68. The number of anilines is 1. The fourth-order valence-corrected chi connectivity index (χ4v) is 1.76. The van der Waals surface area contributed by atoms with Crippen LogP contribution in [0.4, 0.5) is 10.1 Å². The molecule has 0 unspecified atom stereocenters. The van der Waals surface area contributed by atoms with Crippen LogP contribution >= 0.6 is 0 Å². The Morgan fingerprint density at radius 3 is 2.57 bits per heavy atom. The molecule has 0 spiro atoms. The smallest absolute Gasteiger partial charge is 0.344 e. The lowest BCUT2D eigenvalue weighted by atomic mass is 10.2. The second-order valence-corrected chi connectivity index (χ2v) is 4.77. The summed E-state index contributed by atoms with van der Waals surface area (Å²) in [4.78, 5) is 23.2. The molecule has 0 saturated heterocycles. The first-order valence-electron chi connectivity index (χ1n) is 6.94. The highest BCUT2D eigenvalue weighted by Crippen LogP contribution is 2.15. The zero-order valence-corrected chi connectivity index (χ0v) is 12.5. The van der Waals surface area contributed by atoms with Crippen molar-refractivity contribution >= 4 is 17.6 Å². The summed E-state index contributed by atoms with van der Waals surface area (Å²) in [7, 11) is 0. The molecule has 0 bridgehead atoms. The Morgan fingerprint density at radius 2 is 1.83 bits per heavy atom. The van der Waals surface area contributed by atoms with Crippen LogP contribution in [0, 0.1) is 12.7 Å². The van der Waals surface area contributed by atoms with E-state index in [0.29, 0.717) is 17.0 Å². The van der Waals surface area contributed by atoms with E-state index in [-0.39, 0.29) is 6.61 Å². The number of amides is 1. The van der Waals surface area contributed by atoms with E-state index in [1.54, 1.807) is 37.3 Å². The molecule has 1 amide bonds. The van der Waals surface area contributed by atoms with E-state index in [2.05, 4.69) is 5.32 Å². The Balaban J connectivity index is 1.75.